The molecule has 0 spiro atoms. The lowest BCUT2D eigenvalue weighted by Gasteiger charge is -2.17. The number of rotatable bonds is 5. The predicted octanol–water partition coefficient (Wildman–Crippen LogP) is 3.91. The van der Waals surface area contributed by atoms with E-state index in [0.717, 1.165) is 0 Å². The first kappa shape index (κ1) is 17.7. The highest BCUT2D eigenvalue weighted by molar-refractivity contribution is 5.92. The van der Waals surface area contributed by atoms with Gasteiger partial charge in [-0.05, 0) is 23.6 Å². The Morgan fingerprint density at radius 2 is 1.73 bits per heavy atom. The number of cyclic esters (lactones) is 1. The smallest absolute Gasteiger partial charge is 0.414 e. The molecule has 133 valence electrons. The maximum absolute atomic E-state index is 12.3. The minimum atomic E-state index is -0.671. The van der Waals surface area contributed by atoms with Crippen LogP contribution in [0.15, 0.2) is 60.7 Å². The number of hydrogen-bond donors (Lipinski definition) is 0. The van der Waals surface area contributed by atoms with Gasteiger partial charge in [-0.2, -0.15) is 0 Å². The monoisotopic (exact) mass is 350 g/mol. The lowest BCUT2D eigenvalue weighted by Crippen LogP contribution is -2.26. The van der Waals surface area contributed by atoms with Crippen molar-refractivity contribution in [1.82, 2.24) is 4.90 Å². The van der Waals surface area contributed by atoms with E-state index in [9.17, 15) is 9.59 Å². The molecule has 3 rings (SSSR count). The van der Waals surface area contributed by atoms with E-state index in [4.69, 9.17) is 9.47 Å². The zero-order valence-electron chi connectivity index (χ0n) is 14.7. The van der Waals surface area contributed by atoms with Gasteiger partial charge in [-0.3, -0.25) is 4.90 Å². The number of amides is 1. The molecule has 1 aliphatic heterocycles. The first-order chi connectivity index (χ1) is 12.5. The Balaban J connectivity index is 1.89. The van der Waals surface area contributed by atoms with Crippen LogP contribution >= 0.6 is 0 Å². The third-order valence-corrected chi connectivity index (χ3v) is 4.07. The molecule has 26 heavy (non-hydrogen) atoms. The third-order valence-electron chi connectivity index (χ3n) is 4.07. The van der Waals surface area contributed by atoms with E-state index in [0.29, 0.717) is 23.6 Å². The Bertz CT molecular complexity index is 799. The van der Waals surface area contributed by atoms with Crippen molar-refractivity contribution in [2.24, 2.45) is 5.92 Å². The number of carbonyl (C=O) groups is 2. The molecule has 1 radical (unpaired) electrons. The van der Waals surface area contributed by atoms with Crippen molar-refractivity contribution in [1.29, 1.82) is 0 Å². The molecule has 0 saturated carbocycles. The third kappa shape index (κ3) is 4.11. The summed E-state index contributed by atoms with van der Waals surface area (Å²) in [6, 6.07) is 17.9. The van der Waals surface area contributed by atoms with Crippen LogP contribution in [0.3, 0.4) is 0 Å². The van der Waals surface area contributed by atoms with Gasteiger partial charge in [0.25, 0.3) is 0 Å². The van der Waals surface area contributed by atoms with Crippen LogP contribution in [0.1, 0.15) is 19.4 Å². The molecule has 1 fully saturated rings. The maximum Gasteiger partial charge on any atom is 0.414 e. The van der Waals surface area contributed by atoms with E-state index in [1.807, 2.05) is 50.2 Å². The Hall–Kier alpha value is -3.08. The van der Waals surface area contributed by atoms with Crippen LogP contribution in [0.25, 0.3) is 5.70 Å². The molecule has 0 bridgehead atoms. The van der Waals surface area contributed by atoms with E-state index in [-0.39, 0.29) is 12.0 Å². The van der Waals surface area contributed by atoms with E-state index in [1.54, 1.807) is 24.3 Å². The fourth-order valence-electron chi connectivity index (χ4n) is 2.62. The zero-order chi connectivity index (χ0) is 18.5. The molecule has 1 aliphatic rings. The van der Waals surface area contributed by atoms with Crippen LogP contribution in [-0.2, 0) is 9.53 Å². The van der Waals surface area contributed by atoms with Crippen LogP contribution in [0.4, 0.5) is 4.79 Å². The summed E-state index contributed by atoms with van der Waals surface area (Å²) in [5.41, 5.74) is 1.04. The number of hydrogen-bond acceptors (Lipinski definition) is 4. The van der Waals surface area contributed by atoms with Crippen molar-refractivity contribution in [2.45, 2.75) is 20.0 Å². The number of para-hydroxylation sites is 1. The molecule has 2 aromatic carbocycles. The second-order valence-corrected chi connectivity index (χ2v) is 6.32. The van der Waals surface area contributed by atoms with E-state index in [1.165, 1.54) is 4.90 Å². The van der Waals surface area contributed by atoms with Gasteiger partial charge >= 0.3 is 12.1 Å². The highest BCUT2D eigenvalue weighted by Crippen LogP contribution is 2.27. The number of esters is 1. The summed E-state index contributed by atoms with van der Waals surface area (Å²) in [6.45, 7) is 4.34. The second-order valence-electron chi connectivity index (χ2n) is 6.32. The molecule has 2 aromatic rings. The van der Waals surface area contributed by atoms with Crippen LogP contribution in [0, 0.1) is 12.0 Å². The quantitative estimate of drug-likeness (QED) is 0.466. The van der Waals surface area contributed by atoms with Crippen LogP contribution in [0.5, 0.6) is 5.75 Å². The van der Waals surface area contributed by atoms with Crippen molar-refractivity contribution >= 4 is 17.8 Å². The number of ether oxygens (including phenoxy) is 2. The summed E-state index contributed by atoms with van der Waals surface area (Å²) in [4.78, 5) is 26.1. The van der Waals surface area contributed by atoms with Gasteiger partial charge in [0, 0.05) is 0 Å². The van der Waals surface area contributed by atoms with Gasteiger partial charge in [0.15, 0.2) is 0 Å². The fraction of sp³-hybridized carbons (Fsp3) is 0.238. The summed E-state index contributed by atoms with van der Waals surface area (Å²) in [5.74, 6) is -0.0745. The van der Waals surface area contributed by atoms with Crippen LogP contribution < -0.4 is 4.74 Å². The highest BCUT2D eigenvalue weighted by atomic mass is 16.6. The Labute approximate surface area is 152 Å². The molecule has 0 N–H and O–H groups in total. The molecule has 1 unspecified atom stereocenters. The standard InChI is InChI=1S/C21H20NO4/c1-15(2)19-14-22(21(24)26-19)18(16-9-5-3-6-10-16)13-20(23)25-17-11-7-4-8-12-17/h3-12,15,19H,14H2,1-2H3. The summed E-state index contributed by atoms with van der Waals surface area (Å²) >= 11 is 0. The average Bonchev–Trinajstić information content (AvgIpc) is 3.03. The van der Waals surface area contributed by atoms with Crippen molar-refractivity contribution < 1.29 is 19.1 Å². The number of benzene rings is 2. The minimum absolute atomic E-state index is 0.178. The van der Waals surface area contributed by atoms with Crippen LogP contribution in [0.2, 0.25) is 0 Å². The SMILES string of the molecule is CC(C)C1CN(C(=[C]C(=O)Oc2ccccc2)c2ccccc2)C(=O)O1. The molecular weight excluding hydrogens is 330 g/mol. The fourth-order valence-corrected chi connectivity index (χ4v) is 2.62. The molecule has 1 atom stereocenters. The van der Waals surface area contributed by atoms with Gasteiger partial charge in [0.2, 0.25) is 0 Å². The normalized spacial score (nSPS) is 17.3. The van der Waals surface area contributed by atoms with Crippen molar-refractivity contribution in [3.8, 4) is 5.75 Å². The molecule has 1 amide bonds. The van der Waals surface area contributed by atoms with Crippen molar-refractivity contribution in [3.63, 3.8) is 0 Å². The first-order valence-corrected chi connectivity index (χ1v) is 8.49. The Morgan fingerprint density at radius 3 is 2.31 bits per heavy atom. The number of carbonyl (C=O) groups excluding carboxylic acids is 2. The Morgan fingerprint density at radius 1 is 1.12 bits per heavy atom. The average molecular weight is 350 g/mol. The lowest BCUT2D eigenvalue weighted by molar-refractivity contribution is -0.129. The summed E-state index contributed by atoms with van der Waals surface area (Å²) in [5, 5.41) is 0. The molecular formula is C21H20NO4. The summed E-state index contributed by atoms with van der Waals surface area (Å²) < 4.78 is 10.7. The minimum Gasteiger partial charge on any atom is -0.444 e. The molecule has 1 heterocycles. The topological polar surface area (TPSA) is 55.8 Å². The predicted molar refractivity (Wildman–Crippen MR) is 97.0 cm³/mol. The van der Waals surface area contributed by atoms with Gasteiger partial charge in [0.05, 0.1) is 12.2 Å². The van der Waals surface area contributed by atoms with Gasteiger partial charge in [0.1, 0.15) is 17.9 Å². The molecule has 0 aromatic heterocycles. The summed E-state index contributed by atoms with van der Waals surface area (Å²) in [7, 11) is 0. The van der Waals surface area contributed by atoms with E-state index in [2.05, 4.69) is 6.08 Å². The molecule has 0 aliphatic carbocycles. The van der Waals surface area contributed by atoms with Gasteiger partial charge in [-0.25, -0.2) is 9.59 Å². The molecule has 5 nitrogen and oxygen atoms in total. The van der Waals surface area contributed by atoms with Gasteiger partial charge in [-0.1, -0.05) is 62.4 Å². The van der Waals surface area contributed by atoms with Crippen molar-refractivity contribution in [3.05, 3.63) is 72.3 Å². The van der Waals surface area contributed by atoms with E-state index < -0.39 is 12.1 Å². The molecule has 1 saturated heterocycles. The second kappa shape index (κ2) is 7.87. The molecule has 5 heteroatoms. The maximum atomic E-state index is 12.3. The summed E-state index contributed by atoms with van der Waals surface area (Å²) in [6.07, 6.45) is 1.98. The largest absolute Gasteiger partial charge is 0.444 e. The highest BCUT2D eigenvalue weighted by Gasteiger charge is 2.36. The van der Waals surface area contributed by atoms with Gasteiger partial charge < -0.3 is 9.47 Å². The van der Waals surface area contributed by atoms with E-state index >= 15 is 0 Å². The lowest BCUT2D eigenvalue weighted by atomic mass is 10.1. The Kier molecular flexibility index (Phi) is 5.37. The zero-order valence-corrected chi connectivity index (χ0v) is 14.7. The van der Waals surface area contributed by atoms with Crippen LogP contribution in [-0.4, -0.2) is 29.6 Å². The first-order valence-electron chi connectivity index (χ1n) is 8.49. The van der Waals surface area contributed by atoms with Crippen molar-refractivity contribution in [2.75, 3.05) is 6.54 Å². The number of nitrogens with zero attached hydrogens (tertiary/aromatic N) is 1. The van der Waals surface area contributed by atoms with Gasteiger partial charge in [-0.15, -0.1) is 0 Å².